The number of benzene rings is 1. The zero-order chi connectivity index (χ0) is 10.8. The predicted octanol–water partition coefficient (Wildman–Crippen LogP) is 3.07. The summed E-state index contributed by atoms with van der Waals surface area (Å²) in [5.74, 6) is -1.71. The van der Waals surface area contributed by atoms with Crippen LogP contribution < -0.4 is 5.73 Å². The highest BCUT2D eigenvalue weighted by Gasteiger charge is 2.12. The molecular formula is C11H9F2NS. The lowest BCUT2D eigenvalue weighted by Gasteiger charge is -2.09. The van der Waals surface area contributed by atoms with Gasteiger partial charge in [0.25, 0.3) is 0 Å². The zero-order valence-electron chi connectivity index (χ0n) is 7.78. The molecular weight excluding hydrogens is 216 g/mol. The van der Waals surface area contributed by atoms with Gasteiger partial charge < -0.3 is 5.73 Å². The number of hydrogen-bond acceptors (Lipinski definition) is 2. The highest BCUT2D eigenvalue weighted by molar-refractivity contribution is 7.10. The monoisotopic (exact) mass is 225 g/mol. The molecule has 0 aliphatic carbocycles. The smallest absolute Gasteiger partial charge is 0.159 e. The van der Waals surface area contributed by atoms with Crippen molar-refractivity contribution in [2.45, 2.75) is 6.04 Å². The maximum absolute atomic E-state index is 13.0. The Morgan fingerprint density at radius 2 is 1.93 bits per heavy atom. The number of hydrogen-bond donors (Lipinski definition) is 1. The van der Waals surface area contributed by atoms with Crippen molar-refractivity contribution in [1.82, 2.24) is 0 Å². The van der Waals surface area contributed by atoms with Gasteiger partial charge in [0.2, 0.25) is 0 Å². The molecule has 0 saturated carbocycles. The highest BCUT2D eigenvalue weighted by atomic mass is 32.1. The number of thiophene rings is 1. The second-order valence-electron chi connectivity index (χ2n) is 3.17. The third kappa shape index (κ3) is 2.06. The maximum Gasteiger partial charge on any atom is 0.159 e. The summed E-state index contributed by atoms with van der Waals surface area (Å²) in [4.78, 5) is 0.931. The van der Waals surface area contributed by atoms with Crippen LogP contribution in [0.5, 0.6) is 0 Å². The van der Waals surface area contributed by atoms with Crippen LogP contribution in [0.3, 0.4) is 0 Å². The SMILES string of the molecule is N[C@@H](c1ccc(F)c(F)c1)c1cccs1. The molecule has 2 aromatic rings. The normalized spacial score (nSPS) is 12.7. The van der Waals surface area contributed by atoms with Crippen molar-refractivity contribution in [3.8, 4) is 0 Å². The van der Waals surface area contributed by atoms with E-state index in [0.29, 0.717) is 5.56 Å². The third-order valence-corrected chi connectivity index (χ3v) is 3.11. The van der Waals surface area contributed by atoms with E-state index in [4.69, 9.17) is 5.73 Å². The van der Waals surface area contributed by atoms with Gasteiger partial charge in [-0.3, -0.25) is 0 Å². The average Bonchev–Trinajstić information content (AvgIpc) is 2.74. The lowest BCUT2D eigenvalue weighted by Crippen LogP contribution is -2.10. The molecule has 4 heteroatoms. The van der Waals surface area contributed by atoms with Gasteiger partial charge in [-0.2, -0.15) is 0 Å². The molecule has 0 bridgehead atoms. The fourth-order valence-electron chi connectivity index (χ4n) is 1.34. The van der Waals surface area contributed by atoms with E-state index in [9.17, 15) is 8.78 Å². The minimum absolute atomic E-state index is 0.389. The van der Waals surface area contributed by atoms with E-state index >= 15 is 0 Å². The topological polar surface area (TPSA) is 26.0 Å². The molecule has 78 valence electrons. The first-order valence-corrected chi connectivity index (χ1v) is 5.30. The van der Waals surface area contributed by atoms with Crippen LogP contribution in [0.4, 0.5) is 8.78 Å². The van der Waals surface area contributed by atoms with Crippen LogP contribution >= 0.6 is 11.3 Å². The highest BCUT2D eigenvalue weighted by Crippen LogP contribution is 2.24. The molecule has 0 spiro atoms. The van der Waals surface area contributed by atoms with Gasteiger partial charge in [-0.1, -0.05) is 12.1 Å². The molecule has 0 unspecified atom stereocenters. The number of nitrogens with two attached hydrogens (primary N) is 1. The van der Waals surface area contributed by atoms with Crippen LogP contribution in [0, 0.1) is 11.6 Å². The fourth-order valence-corrected chi connectivity index (χ4v) is 2.09. The molecule has 0 aliphatic rings. The molecule has 1 atom stereocenters. The quantitative estimate of drug-likeness (QED) is 0.835. The molecule has 0 aliphatic heterocycles. The van der Waals surface area contributed by atoms with Crippen molar-refractivity contribution < 1.29 is 8.78 Å². The number of rotatable bonds is 2. The zero-order valence-corrected chi connectivity index (χ0v) is 8.60. The van der Waals surface area contributed by atoms with Crippen molar-refractivity contribution in [3.05, 3.63) is 57.8 Å². The Kier molecular flexibility index (Phi) is 2.79. The van der Waals surface area contributed by atoms with Crippen molar-refractivity contribution in [2.75, 3.05) is 0 Å². The summed E-state index contributed by atoms with van der Waals surface area (Å²) in [6, 6.07) is 7.09. The fraction of sp³-hybridized carbons (Fsp3) is 0.0909. The lowest BCUT2D eigenvalue weighted by atomic mass is 10.1. The Morgan fingerprint density at radius 3 is 2.53 bits per heavy atom. The molecule has 0 saturated heterocycles. The Morgan fingerprint density at radius 1 is 1.13 bits per heavy atom. The van der Waals surface area contributed by atoms with E-state index in [1.165, 1.54) is 17.4 Å². The molecule has 1 aromatic carbocycles. The predicted molar refractivity (Wildman–Crippen MR) is 56.7 cm³/mol. The molecule has 1 heterocycles. The van der Waals surface area contributed by atoms with Crippen LogP contribution in [-0.4, -0.2) is 0 Å². The van der Waals surface area contributed by atoms with E-state index in [1.807, 2.05) is 17.5 Å². The van der Waals surface area contributed by atoms with Crippen LogP contribution in [-0.2, 0) is 0 Å². The Bertz CT molecular complexity index is 454. The van der Waals surface area contributed by atoms with Crippen LogP contribution in [0.25, 0.3) is 0 Å². The van der Waals surface area contributed by atoms with E-state index in [0.717, 1.165) is 17.0 Å². The van der Waals surface area contributed by atoms with Crippen molar-refractivity contribution >= 4 is 11.3 Å². The van der Waals surface area contributed by atoms with Gasteiger partial charge in [0.05, 0.1) is 6.04 Å². The van der Waals surface area contributed by atoms with Crippen molar-refractivity contribution in [1.29, 1.82) is 0 Å². The van der Waals surface area contributed by atoms with Crippen molar-refractivity contribution in [3.63, 3.8) is 0 Å². The summed E-state index contributed by atoms with van der Waals surface area (Å²) in [7, 11) is 0. The lowest BCUT2D eigenvalue weighted by molar-refractivity contribution is 0.506. The second kappa shape index (κ2) is 4.08. The Labute approximate surface area is 90.2 Å². The molecule has 1 nitrogen and oxygen atoms in total. The molecule has 0 amide bonds. The average molecular weight is 225 g/mol. The maximum atomic E-state index is 13.0. The van der Waals surface area contributed by atoms with E-state index < -0.39 is 11.6 Å². The first-order valence-electron chi connectivity index (χ1n) is 4.42. The molecule has 2 N–H and O–H groups in total. The van der Waals surface area contributed by atoms with E-state index in [1.54, 1.807) is 0 Å². The summed E-state index contributed by atoms with van der Waals surface area (Å²) >= 11 is 1.49. The third-order valence-electron chi connectivity index (χ3n) is 2.15. The summed E-state index contributed by atoms with van der Waals surface area (Å²) < 4.78 is 25.6. The minimum atomic E-state index is -0.862. The van der Waals surface area contributed by atoms with Crippen LogP contribution in [0.15, 0.2) is 35.7 Å². The van der Waals surface area contributed by atoms with Gasteiger partial charge in [-0.15, -0.1) is 11.3 Å². The van der Waals surface area contributed by atoms with Gasteiger partial charge in [0, 0.05) is 4.88 Å². The van der Waals surface area contributed by atoms with Gasteiger partial charge >= 0.3 is 0 Å². The molecule has 0 radical (unpaired) electrons. The first-order chi connectivity index (χ1) is 7.18. The summed E-state index contributed by atoms with van der Waals surface area (Å²) in [5.41, 5.74) is 6.48. The minimum Gasteiger partial charge on any atom is -0.320 e. The molecule has 2 rings (SSSR count). The van der Waals surface area contributed by atoms with Gasteiger partial charge in [-0.25, -0.2) is 8.78 Å². The van der Waals surface area contributed by atoms with Crippen LogP contribution in [0.1, 0.15) is 16.5 Å². The van der Waals surface area contributed by atoms with E-state index in [2.05, 4.69) is 0 Å². The first kappa shape index (κ1) is 10.3. The summed E-state index contributed by atoms with van der Waals surface area (Å²) in [6.45, 7) is 0. The molecule has 0 fully saturated rings. The van der Waals surface area contributed by atoms with Gasteiger partial charge in [0.1, 0.15) is 0 Å². The Hall–Kier alpha value is -1.26. The number of halogens is 2. The second-order valence-corrected chi connectivity index (χ2v) is 4.15. The van der Waals surface area contributed by atoms with E-state index in [-0.39, 0.29) is 6.04 Å². The summed E-state index contributed by atoms with van der Waals surface area (Å²) in [5, 5.41) is 1.90. The molecule has 1 aromatic heterocycles. The molecule has 15 heavy (non-hydrogen) atoms. The Balaban J connectivity index is 2.34. The summed E-state index contributed by atoms with van der Waals surface area (Å²) in [6.07, 6.45) is 0. The van der Waals surface area contributed by atoms with Gasteiger partial charge in [0.15, 0.2) is 11.6 Å². The van der Waals surface area contributed by atoms with Gasteiger partial charge in [-0.05, 0) is 29.1 Å². The standard InChI is InChI=1S/C11H9F2NS/c12-8-4-3-7(6-9(8)13)11(14)10-2-1-5-15-10/h1-6,11H,14H2/t11-/m0/s1. The van der Waals surface area contributed by atoms with Crippen LogP contribution in [0.2, 0.25) is 0 Å². The van der Waals surface area contributed by atoms with Crippen molar-refractivity contribution in [2.24, 2.45) is 5.73 Å². The largest absolute Gasteiger partial charge is 0.320 e.